The molecule has 118 valence electrons. The second-order valence-electron chi connectivity index (χ2n) is 6.70. The molecule has 0 bridgehead atoms. The van der Waals surface area contributed by atoms with E-state index < -0.39 is 0 Å². The maximum absolute atomic E-state index is 4.74. The molecule has 2 rings (SSSR count). The molecule has 1 saturated carbocycles. The van der Waals surface area contributed by atoms with E-state index in [1.165, 1.54) is 43.2 Å². The van der Waals surface area contributed by atoms with Crippen LogP contribution in [0.2, 0.25) is 0 Å². The molecule has 1 aromatic rings. The summed E-state index contributed by atoms with van der Waals surface area (Å²) in [5.74, 6) is 2.01. The summed E-state index contributed by atoms with van der Waals surface area (Å²) in [6.45, 7) is 8.75. The predicted octanol–water partition coefficient (Wildman–Crippen LogP) is 3.90. The highest BCUT2D eigenvalue weighted by atomic mass is 15.2. The van der Waals surface area contributed by atoms with E-state index in [0.717, 1.165) is 24.8 Å². The first-order valence-electron chi connectivity index (χ1n) is 8.50. The number of nitrogens with zero attached hydrogens (tertiary/aromatic N) is 2. The van der Waals surface area contributed by atoms with E-state index >= 15 is 0 Å². The van der Waals surface area contributed by atoms with Crippen LogP contribution in [0.5, 0.6) is 0 Å². The van der Waals surface area contributed by atoms with Crippen LogP contribution >= 0.6 is 0 Å². The smallest absolute Gasteiger partial charge is 0.131 e. The normalized spacial score (nSPS) is 22.3. The maximum Gasteiger partial charge on any atom is 0.131 e. The highest BCUT2D eigenvalue weighted by Gasteiger charge is 2.24. The van der Waals surface area contributed by atoms with E-state index in [-0.39, 0.29) is 0 Å². The first kappa shape index (κ1) is 16.3. The summed E-state index contributed by atoms with van der Waals surface area (Å²) >= 11 is 0. The molecule has 0 aliphatic heterocycles. The van der Waals surface area contributed by atoms with Crippen LogP contribution in [0.1, 0.15) is 57.1 Å². The molecule has 1 fully saturated rings. The van der Waals surface area contributed by atoms with Gasteiger partial charge in [0.05, 0.1) is 0 Å². The number of hydrogen-bond donors (Lipinski definition) is 1. The molecule has 2 unspecified atom stereocenters. The molecule has 0 radical (unpaired) electrons. The van der Waals surface area contributed by atoms with E-state index in [4.69, 9.17) is 4.98 Å². The Labute approximate surface area is 130 Å². The molecule has 1 aromatic heterocycles. The maximum atomic E-state index is 4.74. The number of hydrogen-bond acceptors (Lipinski definition) is 3. The Balaban J connectivity index is 2.02. The van der Waals surface area contributed by atoms with Gasteiger partial charge < -0.3 is 10.2 Å². The van der Waals surface area contributed by atoms with Crippen LogP contribution in [0.4, 0.5) is 5.82 Å². The molecule has 21 heavy (non-hydrogen) atoms. The highest BCUT2D eigenvalue weighted by molar-refractivity contribution is 5.47. The Hall–Kier alpha value is -1.09. The molecular weight excluding hydrogens is 258 g/mol. The molecule has 1 aliphatic carbocycles. The zero-order valence-electron chi connectivity index (χ0n) is 14.2. The van der Waals surface area contributed by atoms with Gasteiger partial charge in [-0.25, -0.2) is 4.98 Å². The van der Waals surface area contributed by atoms with Crippen LogP contribution in [0.3, 0.4) is 0 Å². The van der Waals surface area contributed by atoms with Gasteiger partial charge in [-0.1, -0.05) is 26.7 Å². The Bertz CT molecular complexity index is 444. The van der Waals surface area contributed by atoms with Crippen molar-refractivity contribution in [1.29, 1.82) is 0 Å². The van der Waals surface area contributed by atoms with Crippen molar-refractivity contribution < 1.29 is 0 Å². The van der Waals surface area contributed by atoms with Gasteiger partial charge in [0.15, 0.2) is 0 Å². The van der Waals surface area contributed by atoms with Crippen LogP contribution in [-0.4, -0.2) is 24.6 Å². The van der Waals surface area contributed by atoms with Crippen LogP contribution in [-0.2, 0) is 6.54 Å². The number of rotatable bonds is 6. The van der Waals surface area contributed by atoms with E-state index in [1.54, 1.807) is 0 Å². The number of aromatic nitrogens is 1. The van der Waals surface area contributed by atoms with Crippen molar-refractivity contribution in [3.8, 4) is 0 Å². The van der Waals surface area contributed by atoms with E-state index in [1.807, 2.05) is 6.20 Å². The van der Waals surface area contributed by atoms with Gasteiger partial charge in [0.1, 0.15) is 5.82 Å². The van der Waals surface area contributed by atoms with Gasteiger partial charge in [0, 0.05) is 25.8 Å². The van der Waals surface area contributed by atoms with E-state index in [2.05, 4.69) is 44.1 Å². The lowest BCUT2D eigenvalue weighted by molar-refractivity contribution is 0.335. The highest BCUT2D eigenvalue weighted by Crippen LogP contribution is 2.30. The summed E-state index contributed by atoms with van der Waals surface area (Å²) in [7, 11) is 2.22. The number of aryl methyl sites for hydroxylation is 1. The summed E-state index contributed by atoms with van der Waals surface area (Å²) in [6, 6.07) is 2.94. The summed E-state index contributed by atoms with van der Waals surface area (Å²) in [5, 5.41) is 3.44. The standard InChI is InChI=1S/C18H31N3/c1-5-9-19-12-16-11-15(3)18(20-13-16)21(4)17-8-6-7-14(2)10-17/h11,13-14,17,19H,5-10,12H2,1-4H3. The van der Waals surface area contributed by atoms with Crippen LogP contribution in [0.25, 0.3) is 0 Å². The zero-order chi connectivity index (χ0) is 15.2. The lowest BCUT2D eigenvalue weighted by Crippen LogP contribution is -2.36. The van der Waals surface area contributed by atoms with Crippen molar-refractivity contribution >= 4 is 5.82 Å². The minimum Gasteiger partial charge on any atom is -0.356 e. The third-order valence-corrected chi connectivity index (χ3v) is 4.65. The molecule has 0 saturated heterocycles. The second-order valence-corrected chi connectivity index (χ2v) is 6.70. The molecule has 1 aliphatic rings. The number of anilines is 1. The molecule has 3 heteroatoms. The Morgan fingerprint density at radius 1 is 1.38 bits per heavy atom. The van der Waals surface area contributed by atoms with Gasteiger partial charge >= 0.3 is 0 Å². The first-order chi connectivity index (χ1) is 10.1. The van der Waals surface area contributed by atoms with Crippen LogP contribution < -0.4 is 10.2 Å². The van der Waals surface area contributed by atoms with Gasteiger partial charge in [-0.05, 0) is 55.8 Å². The van der Waals surface area contributed by atoms with Gasteiger partial charge in [0.2, 0.25) is 0 Å². The van der Waals surface area contributed by atoms with Crippen molar-refractivity contribution in [1.82, 2.24) is 10.3 Å². The molecule has 0 aromatic carbocycles. The van der Waals surface area contributed by atoms with Crippen molar-refractivity contribution in [3.63, 3.8) is 0 Å². The Morgan fingerprint density at radius 2 is 2.19 bits per heavy atom. The van der Waals surface area contributed by atoms with Gasteiger partial charge in [-0.3, -0.25) is 0 Å². The van der Waals surface area contributed by atoms with Crippen molar-refractivity contribution in [2.45, 2.75) is 65.5 Å². The lowest BCUT2D eigenvalue weighted by atomic mass is 9.86. The fraction of sp³-hybridized carbons (Fsp3) is 0.722. The summed E-state index contributed by atoms with van der Waals surface area (Å²) in [5.41, 5.74) is 2.58. The second kappa shape index (κ2) is 7.79. The first-order valence-corrected chi connectivity index (χ1v) is 8.50. The summed E-state index contributed by atoms with van der Waals surface area (Å²) < 4.78 is 0. The lowest BCUT2D eigenvalue weighted by Gasteiger charge is -2.35. The summed E-state index contributed by atoms with van der Waals surface area (Å²) in [4.78, 5) is 7.15. The van der Waals surface area contributed by atoms with Crippen molar-refractivity contribution in [2.75, 3.05) is 18.5 Å². The van der Waals surface area contributed by atoms with Gasteiger partial charge in [-0.15, -0.1) is 0 Å². The van der Waals surface area contributed by atoms with Crippen molar-refractivity contribution in [3.05, 3.63) is 23.4 Å². The number of pyridine rings is 1. The molecular formula is C18H31N3. The quantitative estimate of drug-likeness (QED) is 0.805. The SMILES string of the molecule is CCCNCc1cnc(N(C)C2CCCC(C)C2)c(C)c1. The van der Waals surface area contributed by atoms with E-state index in [9.17, 15) is 0 Å². The molecule has 1 N–H and O–H groups in total. The fourth-order valence-corrected chi connectivity index (χ4v) is 3.43. The topological polar surface area (TPSA) is 28.2 Å². The summed E-state index contributed by atoms with van der Waals surface area (Å²) in [6.07, 6.45) is 8.56. The third kappa shape index (κ3) is 4.44. The van der Waals surface area contributed by atoms with Crippen LogP contribution in [0.15, 0.2) is 12.3 Å². The molecule has 1 heterocycles. The average molecular weight is 289 g/mol. The van der Waals surface area contributed by atoms with Crippen LogP contribution in [0, 0.1) is 12.8 Å². The Kier molecular flexibility index (Phi) is 6.04. The number of nitrogens with one attached hydrogen (secondary N) is 1. The molecule has 0 spiro atoms. The fourth-order valence-electron chi connectivity index (χ4n) is 3.43. The van der Waals surface area contributed by atoms with Gasteiger partial charge in [-0.2, -0.15) is 0 Å². The largest absolute Gasteiger partial charge is 0.356 e. The molecule has 3 nitrogen and oxygen atoms in total. The third-order valence-electron chi connectivity index (χ3n) is 4.65. The minimum absolute atomic E-state index is 0.656. The minimum atomic E-state index is 0.656. The van der Waals surface area contributed by atoms with Gasteiger partial charge in [0.25, 0.3) is 0 Å². The van der Waals surface area contributed by atoms with Crippen molar-refractivity contribution in [2.24, 2.45) is 5.92 Å². The average Bonchev–Trinajstić information content (AvgIpc) is 2.47. The van der Waals surface area contributed by atoms with E-state index in [0.29, 0.717) is 6.04 Å². The Morgan fingerprint density at radius 3 is 2.86 bits per heavy atom. The molecule has 0 amide bonds. The predicted molar refractivity (Wildman–Crippen MR) is 90.8 cm³/mol. The monoisotopic (exact) mass is 289 g/mol. The molecule has 2 atom stereocenters. The zero-order valence-corrected chi connectivity index (χ0v) is 14.2.